The molecule has 2 nitrogen and oxygen atoms in total. The van der Waals surface area contributed by atoms with Gasteiger partial charge >= 0.3 is 0 Å². The Morgan fingerprint density at radius 3 is 2.40 bits per heavy atom. The largest absolute Gasteiger partial charge is 0.399 e. The van der Waals surface area contributed by atoms with E-state index in [1.165, 1.54) is 24.8 Å². The lowest BCUT2D eigenvalue weighted by Crippen LogP contribution is -2.16. The minimum Gasteiger partial charge on any atom is -0.399 e. The van der Waals surface area contributed by atoms with Gasteiger partial charge in [-0.25, -0.2) is 0 Å². The summed E-state index contributed by atoms with van der Waals surface area (Å²) >= 11 is 0. The van der Waals surface area contributed by atoms with E-state index in [-0.39, 0.29) is 0 Å². The molecule has 0 unspecified atom stereocenters. The van der Waals surface area contributed by atoms with E-state index in [2.05, 4.69) is 24.4 Å². The van der Waals surface area contributed by atoms with Crippen molar-refractivity contribution in [3.8, 4) is 0 Å². The molecule has 0 aliphatic rings. The van der Waals surface area contributed by atoms with Crippen molar-refractivity contribution < 1.29 is 0 Å². The van der Waals surface area contributed by atoms with Crippen molar-refractivity contribution in [1.29, 1.82) is 0 Å². The summed E-state index contributed by atoms with van der Waals surface area (Å²) in [5.41, 5.74) is 7.85. The van der Waals surface area contributed by atoms with Crippen LogP contribution in [0.4, 0.5) is 5.69 Å². The molecule has 0 amide bonds. The molecule has 0 spiro atoms. The van der Waals surface area contributed by atoms with Gasteiger partial charge in [0.05, 0.1) is 0 Å². The Kier molecular flexibility index (Phi) is 5.86. The van der Waals surface area contributed by atoms with Gasteiger partial charge < -0.3 is 11.1 Å². The average molecular weight is 206 g/mol. The highest BCUT2D eigenvalue weighted by atomic mass is 14.8. The van der Waals surface area contributed by atoms with Gasteiger partial charge in [-0.15, -0.1) is 0 Å². The van der Waals surface area contributed by atoms with Crippen LogP contribution >= 0.6 is 0 Å². The summed E-state index contributed by atoms with van der Waals surface area (Å²) in [6.45, 7) is 4.48. The second-order valence-electron chi connectivity index (χ2n) is 3.95. The Labute approximate surface area is 92.9 Å². The zero-order valence-corrected chi connectivity index (χ0v) is 9.63. The van der Waals surface area contributed by atoms with Crippen molar-refractivity contribution in [2.45, 2.75) is 32.6 Å². The molecule has 1 aromatic carbocycles. The highest BCUT2D eigenvalue weighted by Gasteiger charge is 1.93. The fourth-order valence-corrected chi connectivity index (χ4v) is 1.53. The molecule has 0 heterocycles. The summed E-state index contributed by atoms with van der Waals surface area (Å²) in [4.78, 5) is 0. The Morgan fingerprint density at radius 1 is 1.07 bits per heavy atom. The van der Waals surface area contributed by atoms with E-state index in [0.717, 1.165) is 25.2 Å². The van der Waals surface area contributed by atoms with Gasteiger partial charge in [0.15, 0.2) is 0 Å². The fourth-order valence-electron chi connectivity index (χ4n) is 1.53. The van der Waals surface area contributed by atoms with E-state index < -0.39 is 0 Å². The first-order chi connectivity index (χ1) is 7.33. The van der Waals surface area contributed by atoms with Crippen molar-refractivity contribution in [3.05, 3.63) is 29.8 Å². The number of anilines is 1. The zero-order valence-electron chi connectivity index (χ0n) is 9.63. The molecular formula is C13H22N2. The van der Waals surface area contributed by atoms with Crippen LogP contribution in [0.25, 0.3) is 0 Å². The van der Waals surface area contributed by atoms with E-state index >= 15 is 0 Å². The number of unbranched alkanes of at least 4 members (excludes halogenated alkanes) is 1. The normalized spacial score (nSPS) is 10.5. The van der Waals surface area contributed by atoms with E-state index in [9.17, 15) is 0 Å². The molecule has 0 saturated carbocycles. The molecule has 84 valence electrons. The Balaban J connectivity index is 2.07. The van der Waals surface area contributed by atoms with Gasteiger partial charge in [-0.2, -0.15) is 0 Å². The fraction of sp³-hybridized carbons (Fsp3) is 0.538. The molecule has 1 rings (SSSR count). The first-order valence-corrected chi connectivity index (χ1v) is 5.88. The minimum absolute atomic E-state index is 0.847. The maximum atomic E-state index is 5.62. The standard InChI is InChI=1S/C13H22N2/c1-2-3-10-15-11-4-5-12-6-8-13(14)9-7-12/h6-9,15H,2-5,10-11,14H2,1H3. The molecular weight excluding hydrogens is 184 g/mol. The molecule has 3 N–H and O–H groups in total. The van der Waals surface area contributed by atoms with Gasteiger partial charge in [0.25, 0.3) is 0 Å². The lowest BCUT2D eigenvalue weighted by Gasteiger charge is -2.04. The average Bonchev–Trinajstić information content (AvgIpc) is 2.26. The molecule has 15 heavy (non-hydrogen) atoms. The maximum Gasteiger partial charge on any atom is 0.0314 e. The molecule has 2 heteroatoms. The molecule has 0 aromatic heterocycles. The Bertz CT molecular complexity index is 254. The van der Waals surface area contributed by atoms with Gasteiger partial charge in [-0.05, 0) is 50.0 Å². The zero-order chi connectivity index (χ0) is 10.9. The molecule has 0 aliphatic carbocycles. The van der Waals surface area contributed by atoms with Gasteiger partial charge in [0, 0.05) is 5.69 Å². The number of nitrogens with one attached hydrogen (secondary N) is 1. The summed E-state index contributed by atoms with van der Waals surface area (Å²) < 4.78 is 0. The SMILES string of the molecule is CCCCNCCCc1ccc(N)cc1. The topological polar surface area (TPSA) is 38.0 Å². The molecule has 0 atom stereocenters. The number of hydrogen-bond acceptors (Lipinski definition) is 2. The van der Waals surface area contributed by atoms with Crippen LogP contribution in [-0.4, -0.2) is 13.1 Å². The van der Waals surface area contributed by atoms with Crippen molar-refractivity contribution >= 4 is 5.69 Å². The van der Waals surface area contributed by atoms with Gasteiger partial charge in [0.2, 0.25) is 0 Å². The van der Waals surface area contributed by atoms with E-state index in [1.807, 2.05) is 12.1 Å². The van der Waals surface area contributed by atoms with Crippen LogP contribution in [0.3, 0.4) is 0 Å². The van der Waals surface area contributed by atoms with Crippen LogP contribution < -0.4 is 11.1 Å². The highest BCUT2D eigenvalue weighted by molar-refractivity contribution is 5.39. The number of benzene rings is 1. The summed E-state index contributed by atoms with van der Waals surface area (Å²) in [6.07, 6.45) is 4.89. The smallest absolute Gasteiger partial charge is 0.0314 e. The van der Waals surface area contributed by atoms with Crippen molar-refractivity contribution in [2.75, 3.05) is 18.8 Å². The van der Waals surface area contributed by atoms with Crippen LogP contribution in [-0.2, 0) is 6.42 Å². The predicted octanol–water partition coefficient (Wildman–Crippen LogP) is 2.59. The lowest BCUT2D eigenvalue weighted by atomic mass is 10.1. The van der Waals surface area contributed by atoms with Gasteiger partial charge in [-0.3, -0.25) is 0 Å². The quantitative estimate of drug-likeness (QED) is 0.531. The number of nitrogen functional groups attached to an aromatic ring is 1. The first-order valence-electron chi connectivity index (χ1n) is 5.88. The van der Waals surface area contributed by atoms with E-state index in [1.54, 1.807) is 0 Å². The molecule has 0 aliphatic heterocycles. The number of hydrogen-bond donors (Lipinski definition) is 2. The predicted molar refractivity (Wildman–Crippen MR) is 67.0 cm³/mol. The molecule has 0 bridgehead atoms. The van der Waals surface area contributed by atoms with Crippen LogP contribution in [0, 0.1) is 0 Å². The third kappa shape index (κ3) is 5.43. The number of aryl methyl sites for hydroxylation is 1. The minimum atomic E-state index is 0.847. The summed E-state index contributed by atoms with van der Waals surface area (Å²) in [7, 11) is 0. The summed E-state index contributed by atoms with van der Waals surface area (Å²) in [5, 5.41) is 3.44. The lowest BCUT2D eigenvalue weighted by molar-refractivity contribution is 0.617. The second kappa shape index (κ2) is 7.30. The summed E-state index contributed by atoms with van der Waals surface area (Å²) in [5.74, 6) is 0. The van der Waals surface area contributed by atoms with Gasteiger partial charge in [-0.1, -0.05) is 25.5 Å². The second-order valence-corrected chi connectivity index (χ2v) is 3.95. The van der Waals surface area contributed by atoms with Crippen LogP contribution in [0.2, 0.25) is 0 Å². The third-order valence-electron chi connectivity index (χ3n) is 2.51. The van der Waals surface area contributed by atoms with E-state index in [0.29, 0.717) is 0 Å². The molecule has 0 radical (unpaired) electrons. The maximum absolute atomic E-state index is 5.62. The van der Waals surface area contributed by atoms with Crippen LogP contribution in [0.15, 0.2) is 24.3 Å². The van der Waals surface area contributed by atoms with Gasteiger partial charge in [0.1, 0.15) is 0 Å². The third-order valence-corrected chi connectivity index (χ3v) is 2.51. The summed E-state index contributed by atoms with van der Waals surface area (Å²) in [6, 6.07) is 8.17. The first kappa shape index (κ1) is 12.1. The van der Waals surface area contributed by atoms with E-state index in [4.69, 9.17) is 5.73 Å². The monoisotopic (exact) mass is 206 g/mol. The van der Waals surface area contributed by atoms with Crippen LogP contribution in [0.5, 0.6) is 0 Å². The Hall–Kier alpha value is -1.02. The van der Waals surface area contributed by atoms with Crippen LogP contribution in [0.1, 0.15) is 31.7 Å². The number of nitrogens with two attached hydrogens (primary N) is 1. The Morgan fingerprint density at radius 2 is 1.73 bits per heavy atom. The molecule has 1 aromatic rings. The van der Waals surface area contributed by atoms with Crippen molar-refractivity contribution in [2.24, 2.45) is 0 Å². The highest BCUT2D eigenvalue weighted by Crippen LogP contribution is 2.07. The van der Waals surface area contributed by atoms with Crippen molar-refractivity contribution in [1.82, 2.24) is 5.32 Å². The molecule has 0 fully saturated rings. The number of rotatable bonds is 7. The molecule has 0 saturated heterocycles. The van der Waals surface area contributed by atoms with Crippen molar-refractivity contribution in [3.63, 3.8) is 0 Å².